The number of hydrazine groups is 1. The first-order valence-electron chi connectivity index (χ1n) is 4.66. The van der Waals surface area contributed by atoms with Gasteiger partial charge in [-0.1, -0.05) is 0 Å². The number of alkyl halides is 6. The summed E-state index contributed by atoms with van der Waals surface area (Å²) >= 11 is 0. The van der Waals surface area contributed by atoms with Gasteiger partial charge in [-0.15, -0.1) is 0 Å². The smallest absolute Gasteiger partial charge is 0.434 e. The molecular weight excluding hydrogens is 282 g/mol. The highest BCUT2D eigenvalue weighted by Gasteiger charge is 2.59. The maximum atomic E-state index is 12.3. The Kier molecular flexibility index (Phi) is 4.08. The molecule has 0 aliphatic rings. The highest BCUT2D eigenvalue weighted by Crippen LogP contribution is 2.36. The van der Waals surface area contributed by atoms with E-state index < -0.39 is 24.3 Å². The van der Waals surface area contributed by atoms with Gasteiger partial charge in [-0.25, -0.2) is 10.8 Å². The summed E-state index contributed by atoms with van der Waals surface area (Å²) in [4.78, 5) is 6.91. The number of anilines is 1. The number of hydrogen-bond donors (Lipinski definition) is 2. The van der Waals surface area contributed by atoms with Gasteiger partial charge in [0.2, 0.25) is 5.88 Å². The highest BCUT2D eigenvalue weighted by molar-refractivity contribution is 5.36. The summed E-state index contributed by atoms with van der Waals surface area (Å²) in [6.45, 7) is 1.25. The molecule has 11 heteroatoms. The van der Waals surface area contributed by atoms with Crippen LogP contribution >= 0.6 is 0 Å². The van der Waals surface area contributed by atoms with Crippen molar-refractivity contribution in [3.8, 4) is 5.88 Å². The Hall–Kier alpha value is -1.78. The van der Waals surface area contributed by atoms with E-state index in [-0.39, 0.29) is 11.6 Å². The monoisotopic (exact) mass is 290 g/mol. The lowest BCUT2D eigenvalue weighted by Gasteiger charge is -2.23. The minimum Gasteiger partial charge on any atom is -0.455 e. The van der Waals surface area contributed by atoms with Crippen molar-refractivity contribution in [2.75, 3.05) is 5.43 Å². The molecule has 3 N–H and O–H groups in total. The van der Waals surface area contributed by atoms with Gasteiger partial charge in [0.05, 0.1) is 0 Å². The summed E-state index contributed by atoms with van der Waals surface area (Å²) < 4.78 is 77.4. The molecule has 0 saturated carbocycles. The quantitative estimate of drug-likeness (QED) is 0.505. The van der Waals surface area contributed by atoms with Crippen molar-refractivity contribution in [3.63, 3.8) is 0 Å². The second-order valence-corrected chi connectivity index (χ2v) is 3.36. The molecule has 1 heterocycles. The first kappa shape index (κ1) is 15.3. The number of rotatable bonds is 3. The van der Waals surface area contributed by atoms with Crippen molar-refractivity contribution in [2.45, 2.75) is 25.4 Å². The maximum Gasteiger partial charge on any atom is 0.434 e. The zero-order chi connectivity index (χ0) is 14.8. The summed E-state index contributed by atoms with van der Waals surface area (Å²) in [5, 5.41) is 0. The number of nitrogens with one attached hydrogen (secondary N) is 1. The van der Waals surface area contributed by atoms with Crippen molar-refractivity contribution in [1.82, 2.24) is 9.97 Å². The first-order chi connectivity index (χ1) is 8.54. The van der Waals surface area contributed by atoms with Crippen LogP contribution in [0.4, 0.5) is 32.2 Å². The van der Waals surface area contributed by atoms with E-state index in [4.69, 9.17) is 5.84 Å². The molecule has 0 atom stereocenters. The van der Waals surface area contributed by atoms with Crippen molar-refractivity contribution >= 4 is 5.82 Å². The van der Waals surface area contributed by atoms with Crippen molar-refractivity contribution in [1.29, 1.82) is 0 Å². The van der Waals surface area contributed by atoms with Crippen LogP contribution in [0.25, 0.3) is 0 Å². The van der Waals surface area contributed by atoms with E-state index in [0.29, 0.717) is 0 Å². The number of nitrogens with two attached hydrogens (primary N) is 1. The highest BCUT2D eigenvalue weighted by atomic mass is 19.4. The second kappa shape index (κ2) is 5.07. The van der Waals surface area contributed by atoms with Gasteiger partial charge in [0.25, 0.3) is 6.10 Å². The Morgan fingerprint density at radius 3 is 2.11 bits per heavy atom. The molecule has 1 aromatic rings. The van der Waals surface area contributed by atoms with Crippen LogP contribution in [0.5, 0.6) is 5.88 Å². The number of nitrogen functional groups attached to an aromatic ring is 1. The summed E-state index contributed by atoms with van der Waals surface area (Å²) in [6, 6.07) is 0.720. The fourth-order valence-electron chi connectivity index (χ4n) is 1.11. The van der Waals surface area contributed by atoms with E-state index in [1.54, 1.807) is 0 Å². The van der Waals surface area contributed by atoms with Crippen molar-refractivity contribution in [3.05, 3.63) is 11.9 Å². The normalized spacial score (nSPS) is 12.7. The van der Waals surface area contributed by atoms with E-state index in [1.807, 2.05) is 5.43 Å². The van der Waals surface area contributed by atoms with Gasteiger partial charge in [0.1, 0.15) is 11.6 Å². The molecule has 0 aromatic carbocycles. The molecule has 0 radical (unpaired) electrons. The lowest BCUT2D eigenvalue weighted by Crippen LogP contribution is -2.46. The molecular formula is C8H8F6N4O. The van der Waals surface area contributed by atoms with E-state index in [9.17, 15) is 26.3 Å². The Balaban J connectivity index is 3.07. The zero-order valence-corrected chi connectivity index (χ0v) is 9.30. The van der Waals surface area contributed by atoms with Crippen molar-refractivity contribution in [2.24, 2.45) is 5.84 Å². The molecule has 0 bridgehead atoms. The predicted octanol–water partition coefficient (Wildman–Crippen LogP) is 1.94. The molecule has 0 aliphatic carbocycles. The van der Waals surface area contributed by atoms with E-state index in [1.165, 1.54) is 6.92 Å². The number of ether oxygens (including phenoxy) is 1. The summed E-state index contributed by atoms with van der Waals surface area (Å²) in [5.74, 6) is 3.78. The Labute approximate surface area is 102 Å². The lowest BCUT2D eigenvalue weighted by molar-refractivity contribution is -0.300. The molecule has 0 amide bonds. The summed E-state index contributed by atoms with van der Waals surface area (Å²) in [7, 11) is 0. The number of halogens is 6. The minimum absolute atomic E-state index is 0.103. The van der Waals surface area contributed by atoms with Gasteiger partial charge in [-0.05, 0) is 6.92 Å². The number of aromatic nitrogens is 2. The van der Waals surface area contributed by atoms with E-state index >= 15 is 0 Å². The molecule has 5 nitrogen and oxygen atoms in total. The molecule has 0 unspecified atom stereocenters. The fourth-order valence-corrected chi connectivity index (χ4v) is 1.11. The summed E-state index contributed by atoms with van der Waals surface area (Å²) in [6.07, 6.45) is -15.2. The molecule has 0 spiro atoms. The lowest BCUT2D eigenvalue weighted by atomic mass is 10.3. The third kappa shape index (κ3) is 4.12. The van der Waals surface area contributed by atoms with Crippen molar-refractivity contribution < 1.29 is 31.1 Å². The van der Waals surface area contributed by atoms with E-state index in [2.05, 4.69) is 14.7 Å². The number of hydrogen-bond acceptors (Lipinski definition) is 5. The molecule has 1 aromatic heterocycles. The van der Waals surface area contributed by atoms with Crippen LogP contribution < -0.4 is 16.0 Å². The van der Waals surface area contributed by atoms with Gasteiger partial charge >= 0.3 is 12.4 Å². The minimum atomic E-state index is -5.62. The van der Waals surface area contributed by atoms with Gasteiger partial charge in [-0.2, -0.15) is 31.3 Å². The molecule has 0 saturated heterocycles. The largest absolute Gasteiger partial charge is 0.455 e. The Morgan fingerprint density at radius 1 is 1.16 bits per heavy atom. The SMILES string of the molecule is Cc1nc(NN)cc(OC(C(F)(F)F)C(F)(F)F)n1. The molecule has 1 rings (SSSR count). The molecule has 0 aliphatic heterocycles. The average Bonchev–Trinajstić information content (AvgIpc) is 2.22. The molecule has 19 heavy (non-hydrogen) atoms. The van der Waals surface area contributed by atoms with Crippen LogP contribution in [0.3, 0.4) is 0 Å². The van der Waals surface area contributed by atoms with Gasteiger partial charge in [-0.3, -0.25) is 0 Å². The van der Waals surface area contributed by atoms with Crippen LogP contribution in [0.15, 0.2) is 6.07 Å². The van der Waals surface area contributed by atoms with Crippen LogP contribution in [-0.4, -0.2) is 28.4 Å². The zero-order valence-electron chi connectivity index (χ0n) is 9.30. The maximum absolute atomic E-state index is 12.3. The molecule has 0 fully saturated rings. The first-order valence-corrected chi connectivity index (χ1v) is 4.66. The fraction of sp³-hybridized carbons (Fsp3) is 0.500. The topological polar surface area (TPSA) is 73.1 Å². The van der Waals surface area contributed by atoms with Gasteiger partial charge < -0.3 is 10.2 Å². The Morgan fingerprint density at radius 2 is 1.68 bits per heavy atom. The average molecular weight is 290 g/mol. The third-order valence-electron chi connectivity index (χ3n) is 1.80. The van der Waals surface area contributed by atoms with Gasteiger partial charge in [0.15, 0.2) is 0 Å². The summed E-state index contributed by atoms with van der Waals surface area (Å²) in [5.41, 5.74) is 1.97. The Bertz CT molecular complexity index is 432. The van der Waals surface area contributed by atoms with Gasteiger partial charge in [0, 0.05) is 6.07 Å². The second-order valence-electron chi connectivity index (χ2n) is 3.36. The van der Waals surface area contributed by atoms with Crippen LogP contribution in [0.1, 0.15) is 5.82 Å². The number of aryl methyl sites for hydroxylation is 1. The number of nitrogens with zero attached hydrogens (tertiary/aromatic N) is 2. The third-order valence-corrected chi connectivity index (χ3v) is 1.80. The van der Waals surface area contributed by atoms with Crippen LogP contribution in [0, 0.1) is 6.92 Å². The van der Waals surface area contributed by atoms with E-state index in [0.717, 1.165) is 6.07 Å². The standard InChI is InChI=1S/C8H8F6N4O/c1-3-16-4(18-15)2-5(17-3)19-6(7(9,10)11)8(12,13)14/h2,6H,15H2,1H3,(H,16,17,18). The predicted molar refractivity (Wildman–Crippen MR) is 51.1 cm³/mol. The van der Waals surface area contributed by atoms with Crippen LogP contribution in [0.2, 0.25) is 0 Å². The molecule has 108 valence electrons. The van der Waals surface area contributed by atoms with Crippen LogP contribution in [-0.2, 0) is 0 Å².